The van der Waals surface area contributed by atoms with E-state index in [-0.39, 0.29) is 18.2 Å². The lowest BCUT2D eigenvalue weighted by atomic mass is 10.1. The van der Waals surface area contributed by atoms with Crippen LogP contribution in [0.1, 0.15) is 46.0 Å². The number of hydrogen-bond acceptors (Lipinski definition) is 3. The Bertz CT molecular complexity index is 420. The van der Waals surface area contributed by atoms with Crippen molar-refractivity contribution in [3.63, 3.8) is 0 Å². The fraction of sp³-hybridized carbons (Fsp3) is 0.667. The molecule has 2 atom stereocenters. The maximum Gasteiger partial charge on any atom is 0.326 e. The van der Waals surface area contributed by atoms with Gasteiger partial charge in [0.05, 0.1) is 0 Å². The van der Waals surface area contributed by atoms with Gasteiger partial charge >= 0.3 is 5.97 Å². The number of rotatable bonds is 7. The zero-order valence-electron chi connectivity index (χ0n) is 12.7. The van der Waals surface area contributed by atoms with Crippen LogP contribution in [0.4, 0.5) is 0 Å². The van der Waals surface area contributed by atoms with Gasteiger partial charge in [0.2, 0.25) is 11.8 Å². The Morgan fingerprint density at radius 1 is 1.43 bits per heavy atom. The van der Waals surface area contributed by atoms with Crippen LogP contribution < -0.4 is 5.32 Å². The van der Waals surface area contributed by atoms with E-state index in [1.165, 1.54) is 0 Å². The van der Waals surface area contributed by atoms with Crippen molar-refractivity contribution in [1.29, 1.82) is 0 Å². The number of nitrogens with zero attached hydrogens (tertiary/aromatic N) is 1. The second-order valence-corrected chi connectivity index (χ2v) is 5.20. The summed E-state index contributed by atoms with van der Waals surface area (Å²) in [7, 11) is 0. The highest BCUT2D eigenvalue weighted by atomic mass is 16.4. The summed E-state index contributed by atoms with van der Waals surface area (Å²) in [4.78, 5) is 36.9. The molecular weight excluding hydrogens is 272 g/mol. The summed E-state index contributed by atoms with van der Waals surface area (Å²) in [5, 5.41) is 11.7. The molecule has 0 spiro atoms. The first-order valence-electron chi connectivity index (χ1n) is 7.45. The molecule has 0 aromatic carbocycles. The molecule has 1 fully saturated rings. The van der Waals surface area contributed by atoms with E-state index in [1.54, 1.807) is 24.0 Å². The fourth-order valence-electron chi connectivity index (χ4n) is 2.46. The van der Waals surface area contributed by atoms with Crippen LogP contribution in [0.3, 0.4) is 0 Å². The maximum absolute atomic E-state index is 12.3. The smallest absolute Gasteiger partial charge is 0.326 e. The van der Waals surface area contributed by atoms with Gasteiger partial charge in [0.15, 0.2) is 0 Å². The molecule has 6 heteroatoms. The van der Waals surface area contributed by atoms with Crippen molar-refractivity contribution in [2.45, 2.75) is 58.0 Å². The molecule has 2 amide bonds. The third-order valence-corrected chi connectivity index (χ3v) is 3.56. The van der Waals surface area contributed by atoms with E-state index < -0.39 is 18.1 Å². The normalized spacial score (nSPS) is 19.7. The summed E-state index contributed by atoms with van der Waals surface area (Å²) in [6, 6.07) is -1.48. The van der Waals surface area contributed by atoms with E-state index in [9.17, 15) is 14.4 Å². The lowest BCUT2D eigenvalue weighted by Gasteiger charge is -2.25. The number of likely N-dealkylation sites (tertiary alicyclic amines) is 1. The van der Waals surface area contributed by atoms with Crippen molar-refractivity contribution in [1.82, 2.24) is 10.2 Å². The number of allylic oxidation sites excluding steroid dienone is 1. The SMILES string of the molecule is C/C=C/CC(NC(=O)C1CCCN1C(=O)CCC)C(=O)O. The Kier molecular flexibility index (Phi) is 6.91. The molecular formula is C15H24N2O4. The zero-order valence-corrected chi connectivity index (χ0v) is 12.7. The number of amides is 2. The molecule has 1 aliphatic heterocycles. The summed E-state index contributed by atoms with van der Waals surface area (Å²) >= 11 is 0. The standard InChI is InChI=1S/C15H24N2O4/c1-3-5-8-11(15(20)21)16-14(19)12-9-6-10-17(12)13(18)7-4-2/h3,5,11-12H,4,6-10H2,1-2H3,(H,16,19)(H,20,21)/b5-3+. The summed E-state index contributed by atoms with van der Waals surface area (Å²) in [6.07, 6.45) is 6.22. The second kappa shape index (κ2) is 8.44. The van der Waals surface area contributed by atoms with Gasteiger partial charge in [-0.3, -0.25) is 9.59 Å². The number of aliphatic carboxylic acids is 1. The second-order valence-electron chi connectivity index (χ2n) is 5.20. The molecule has 0 aliphatic carbocycles. The minimum absolute atomic E-state index is 0.0320. The number of carbonyl (C=O) groups excluding carboxylic acids is 2. The highest BCUT2D eigenvalue weighted by Crippen LogP contribution is 2.19. The van der Waals surface area contributed by atoms with Gasteiger partial charge < -0.3 is 15.3 Å². The summed E-state index contributed by atoms with van der Waals surface area (Å²) < 4.78 is 0. The highest BCUT2D eigenvalue weighted by Gasteiger charge is 2.35. The van der Waals surface area contributed by atoms with Crippen molar-refractivity contribution >= 4 is 17.8 Å². The predicted molar refractivity (Wildman–Crippen MR) is 78.6 cm³/mol. The van der Waals surface area contributed by atoms with Gasteiger partial charge in [-0.2, -0.15) is 0 Å². The molecule has 1 rings (SSSR count). The van der Waals surface area contributed by atoms with Gasteiger partial charge in [-0.05, 0) is 32.6 Å². The molecule has 21 heavy (non-hydrogen) atoms. The molecule has 0 bridgehead atoms. The van der Waals surface area contributed by atoms with Crippen LogP contribution in [-0.4, -0.2) is 46.4 Å². The minimum Gasteiger partial charge on any atom is -0.480 e. The zero-order chi connectivity index (χ0) is 15.8. The molecule has 0 saturated carbocycles. The molecule has 0 radical (unpaired) electrons. The average molecular weight is 296 g/mol. The number of carboxylic acids is 1. The van der Waals surface area contributed by atoms with Crippen molar-refractivity contribution in [3.8, 4) is 0 Å². The predicted octanol–water partition coefficient (Wildman–Crippen LogP) is 1.31. The van der Waals surface area contributed by atoms with Gasteiger partial charge in [0.25, 0.3) is 0 Å². The molecule has 1 heterocycles. The highest BCUT2D eigenvalue weighted by molar-refractivity contribution is 5.90. The van der Waals surface area contributed by atoms with Crippen molar-refractivity contribution < 1.29 is 19.5 Å². The van der Waals surface area contributed by atoms with E-state index in [0.717, 1.165) is 12.8 Å². The molecule has 0 aromatic rings. The molecule has 2 unspecified atom stereocenters. The lowest BCUT2D eigenvalue weighted by Crippen LogP contribution is -2.50. The number of nitrogens with one attached hydrogen (secondary N) is 1. The number of carboxylic acid groups (broad SMARTS) is 1. The van der Waals surface area contributed by atoms with Gasteiger partial charge in [0, 0.05) is 13.0 Å². The summed E-state index contributed by atoms with van der Waals surface area (Å²) in [6.45, 7) is 4.28. The monoisotopic (exact) mass is 296 g/mol. The number of hydrogen-bond donors (Lipinski definition) is 2. The van der Waals surface area contributed by atoms with Crippen LogP contribution in [0.2, 0.25) is 0 Å². The molecule has 1 aliphatic rings. The van der Waals surface area contributed by atoms with Crippen LogP contribution in [0.25, 0.3) is 0 Å². The molecule has 1 saturated heterocycles. The van der Waals surface area contributed by atoms with E-state index >= 15 is 0 Å². The number of carbonyl (C=O) groups is 3. The summed E-state index contributed by atoms with van der Waals surface area (Å²) in [5.41, 5.74) is 0. The molecule has 6 nitrogen and oxygen atoms in total. The topological polar surface area (TPSA) is 86.7 Å². The molecule has 0 aromatic heterocycles. The lowest BCUT2D eigenvalue weighted by molar-refractivity contribution is -0.143. The first-order valence-corrected chi connectivity index (χ1v) is 7.45. The van der Waals surface area contributed by atoms with E-state index in [1.807, 2.05) is 6.92 Å². The van der Waals surface area contributed by atoms with Crippen molar-refractivity contribution in [3.05, 3.63) is 12.2 Å². The van der Waals surface area contributed by atoms with Crippen LogP contribution in [-0.2, 0) is 14.4 Å². The van der Waals surface area contributed by atoms with E-state index in [4.69, 9.17) is 5.11 Å². The summed E-state index contributed by atoms with van der Waals surface area (Å²) in [5.74, 6) is -1.46. The Hall–Kier alpha value is -1.85. The van der Waals surface area contributed by atoms with Crippen LogP contribution in [0.5, 0.6) is 0 Å². The maximum atomic E-state index is 12.3. The quantitative estimate of drug-likeness (QED) is 0.694. The van der Waals surface area contributed by atoms with E-state index in [0.29, 0.717) is 19.4 Å². The average Bonchev–Trinajstić information content (AvgIpc) is 2.92. The molecule has 118 valence electrons. The molecule has 2 N–H and O–H groups in total. The van der Waals surface area contributed by atoms with Gasteiger partial charge in [-0.1, -0.05) is 19.1 Å². The first-order chi connectivity index (χ1) is 10.0. The largest absolute Gasteiger partial charge is 0.480 e. The van der Waals surface area contributed by atoms with E-state index in [2.05, 4.69) is 5.32 Å². The van der Waals surface area contributed by atoms with Crippen LogP contribution in [0, 0.1) is 0 Å². The Morgan fingerprint density at radius 3 is 2.71 bits per heavy atom. The fourth-order valence-corrected chi connectivity index (χ4v) is 2.46. The Morgan fingerprint density at radius 2 is 2.14 bits per heavy atom. The van der Waals surface area contributed by atoms with Crippen LogP contribution >= 0.6 is 0 Å². The first kappa shape index (κ1) is 17.2. The van der Waals surface area contributed by atoms with Crippen molar-refractivity contribution in [2.24, 2.45) is 0 Å². The van der Waals surface area contributed by atoms with Gasteiger partial charge in [0.1, 0.15) is 12.1 Å². The third-order valence-electron chi connectivity index (χ3n) is 3.56. The Balaban J connectivity index is 2.67. The third kappa shape index (κ3) is 4.88. The van der Waals surface area contributed by atoms with Gasteiger partial charge in [-0.15, -0.1) is 0 Å². The van der Waals surface area contributed by atoms with Gasteiger partial charge in [-0.25, -0.2) is 4.79 Å². The van der Waals surface area contributed by atoms with Crippen molar-refractivity contribution in [2.75, 3.05) is 6.54 Å². The Labute approximate surface area is 125 Å². The van der Waals surface area contributed by atoms with Crippen LogP contribution in [0.15, 0.2) is 12.2 Å². The minimum atomic E-state index is -1.06.